The SMILES string of the molecule is CC(=O)OCC1(C)CCCC2(C)C1CCC1CC3CC12CCC3(C)O. The van der Waals surface area contributed by atoms with Crippen molar-refractivity contribution in [1.82, 2.24) is 0 Å². The summed E-state index contributed by atoms with van der Waals surface area (Å²) >= 11 is 0. The Hall–Kier alpha value is -0.570. The molecule has 25 heavy (non-hydrogen) atoms. The molecule has 3 heteroatoms. The number of fused-ring (bicyclic) bond motifs is 2. The molecule has 3 nitrogen and oxygen atoms in total. The highest BCUT2D eigenvalue weighted by Crippen LogP contribution is 2.75. The van der Waals surface area contributed by atoms with Gasteiger partial charge in [-0.1, -0.05) is 20.3 Å². The fraction of sp³-hybridized carbons (Fsp3) is 0.955. The van der Waals surface area contributed by atoms with Crippen LogP contribution in [0.4, 0.5) is 0 Å². The molecule has 0 amide bonds. The van der Waals surface area contributed by atoms with E-state index in [1.165, 1.54) is 58.3 Å². The summed E-state index contributed by atoms with van der Waals surface area (Å²) in [4.78, 5) is 11.4. The fourth-order valence-electron chi connectivity index (χ4n) is 8.15. The van der Waals surface area contributed by atoms with Crippen molar-refractivity contribution in [3.8, 4) is 0 Å². The summed E-state index contributed by atoms with van der Waals surface area (Å²) in [5.41, 5.74) is 0.426. The van der Waals surface area contributed by atoms with Gasteiger partial charge in [-0.05, 0) is 86.9 Å². The van der Waals surface area contributed by atoms with Gasteiger partial charge in [-0.15, -0.1) is 0 Å². The van der Waals surface area contributed by atoms with Gasteiger partial charge in [0, 0.05) is 12.3 Å². The van der Waals surface area contributed by atoms with Crippen molar-refractivity contribution >= 4 is 5.97 Å². The van der Waals surface area contributed by atoms with E-state index in [4.69, 9.17) is 4.74 Å². The van der Waals surface area contributed by atoms with Crippen LogP contribution in [0.3, 0.4) is 0 Å². The highest BCUT2D eigenvalue weighted by molar-refractivity contribution is 5.65. The second-order valence-electron chi connectivity index (χ2n) is 10.7. The molecule has 7 unspecified atom stereocenters. The van der Waals surface area contributed by atoms with Crippen LogP contribution in [-0.2, 0) is 9.53 Å². The van der Waals surface area contributed by atoms with Gasteiger partial charge in [0.15, 0.2) is 0 Å². The normalized spacial score (nSPS) is 54.5. The zero-order valence-electron chi connectivity index (χ0n) is 16.6. The van der Waals surface area contributed by atoms with E-state index in [0.29, 0.717) is 29.3 Å². The molecule has 0 aromatic carbocycles. The average Bonchev–Trinajstić information content (AvgIpc) is 2.88. The number of carbonyl (C=O) groups excluding carboxylic acids is 1. The zero-order valence-corrected chi connectivity index (χ0v) is 16.6. The number of hydrogen-bond acceptors (Lipinski definition) is 3. The smallest absolute Gasteiger partial charge is 0.302 e. The summed E-state index contributed by atoms with van der Waals surface area (Å²) in [7, 11) is 0. The van der Waals surface area contributed by atoms with E-state index in [-0.39, 0.29) is 11.4 Å². The van der Waals surface area contributed by atoms with Crippen molar-refractivity contribution in [3.63, 3.8) is 0 Å². The largest absolute Gasteiger partial charge is 0.465 e. The first-order valence-electron chi connectivity index (χ1n) is 10.5. The van der Waals surface area contributed by atoms with E-state index in [1.807, 2.05) is 0 Å². The first-order chi connectivity index (χ1) is 11.6. The predicted octanol–water partition coefficient (Wildman–Crippen LogP) is 4.71. The number of aliphatic hydroxyl groups is 1. The van der Waals surface area contributed by atoms with Crippen LogP contribution in [0.1, 0.15) is 85.5 Å². The Labute approximate surface area is 152 Å². The van der Waals surface area contributed by atoms with Gasteiger partial charge >= 0.3 is 5.97 Å². The number of carbonyl (C=O) groups is 1. The average molecular weight is 349 g/mol. The Kier molecular flexibility index (Phi) is 3.90. The van der Waals surface area contributed by atoms with Gasteiger partial charge in [-0.3, -0.25) is 4.79 Å². The van der Waals surface area contributed by atoms with Gasteiger partial charge in [0.2, 0.25) is 0 Å². The van der Waals surface area contributed by atoms with E-state index in [9.17, 15) is 9.90 Å². The van der Waals surface area contributed by atoms with Gasteiger partial charge in [0.1, 0.15) is 0 Å². The van der Waals surface area contributed by atoms with Crippen molar-refractivity contribution < 1.29 is 14.6 Å². The molecule has 1 N–H and O–H groups in total. The Morgan fingerprint density at radius 2 is 1.84 bits per heavy atom. The van der Waals surface area contributed by atoms with E-state index in [2.05, 4.69) is 20.8 Å². The maximum absolute atomic E-state index is 11.4. The second-order valence-corrected chi connectivity index (χ2v) is 10.7. The lowest BCUT2D eigenvalue weighted by Crippen LogP contribution is -2.59. The van der Waals surface area contributed by atoms with Crippen molar-refractivity contribution in [3.05, 3.63) is 0 Å². The van der Waals surface area contributed by atoms with E-state index < -0.39 is 5.60 Å². The Morgan fingerprint density at radius 1 is 1.08 bits per heavy atom. The first kappa shape index (κ1) is 17.8. The molecular weight excluding hydrogens is 312 g/mol. The lowest BCUT2D eigenvalue weighted by atomic mass is 9.39. The minimum atomic E-state index is -0.454. The molecule has 0 saturated heterocycles. The van der Waals surface area contributed by atoms with Crippen molar-refractivity contribution in [1.29, 1.82) is 0 Å². The highest BCUT2D eigenvalue weighted by Gasteiger charge is 2.68. The van der Waals surface area contributed by atoms with E-state index >= 15 is 0 Å². The Morgan fingerprint density at radius 3 is 2.56 bits per heavy atom. The van der Waals surface area contributed by atoms with E-state index in [0.717, 1.165) is 12.3 Å². The van der Waals surface area contributed by atoms with Crippen LogP contribution in [0.5, 0.6) is 0 Å². The van der Waals surface area contributed by atoms with Crippen LogP contribution >= 0.6 is 0 Å². The highest BCUT2D eigenvalue weighted by atomic mass is 16.5. The van der Waals surface area contributed by atoms with Crippen LogP contribution in [-0.4, -0.2) is 23.3 Å². The van der Waals surface area contributed by atoms with Crippen molar-refractivity contribution in [2.24, 2.45) is 34.0 Å². The van der Waals surface area contributed by atoms with Crippen LogP contribution in [0, 0.1) is 34.0 Å². The van der Waals surface area contributed by atoms with Crippen LogP contribution < -0.4 is 0 Å². The lowest BCUT2D eigenvalue weighted by Gasteiger charge is -2.65. The maximum Gasteiger partial charge on any atom is 0.302 e. The minimum Gasteiger partial charge on any atom is -0.465 e. The van der Waals surface area contributed by atoms with Gasteiger partial charge < -0.3 is 9.84 Å². The number of rotatable bonds is 2. The van der Waals surface area contributed by atoms with Gasteiger partial charge in [-0.25, -0.2) is 0 Å². The number of esters is 1. The molecule has 0 aromatic heterocycles. The summed E-state index contributed by atoms with van der Waals surface area (Å²) in [6.07, 6.45) is 11.0. The molecule has 0 radical (unpaired) electrons. The number of hydrogen-bond donors (Lipinski definition) is 1. The lowest BCUT2D eigenvalue weighted by molar-refractivity contribution is -0.188. The van der Waals surface area contributed by atoms with Gasteiger partial charge in [-0.2, -0.15) is 0 Å². The maximum atomic E-state index is 11.4. The molecule has 4 aliphatic rings. The molecule has 0 aliphatic heterocycles. The fourth-order valence-corrected chi connectivity index (χ4v) is 8.15. The van der Waals surface area contributed by atoms with Gasteiger partial charge in [0.25, 0.3) is 0 Å². The van der Waals surface area contributed by atoms with Crippen LogP contribution in [0.25, 0.3) is 0 Å². The van der Waals surface area contributed by atoms with E-state index in [1.54, 1.807) is 0 Å². The Bertz CT molecular complexity index is 570. The summed E-state index contributed by atoms with van der Waals surface area (Å²) in [6.45, 7) is 9.14. The summed E-state index contributed by atoms with van der Waals surface area (Å²) < 4.78 is 5.55. The predicted molar refractivity (Wildman–Crippen MR) is 97.9 cm³/mol. The summed E-state index contributed by atoms with van der Waals surface area (Å²) in [5, 5.41) is 10.9. The summed E-state index contributed by atoms with van der Waals surface area (Å²) in [5.74, 6) is 1.79. The van der Waals surface area contributed by atoms with Crippen LogP contribution in [0.15, 0.2) is 0 Å². The third kappa shape index (κ3) is 2.37. The molecule has 7 atom stereocenters. The van der Waals surface area contributed by atoms with Crippen LogP contribution in [0.2, 0.25) is 0 Å². The molecule has 1 spiro atoms. The molecule has 2 bridgehead atoms. The molecule has 4 rings (SSSR count). The molecule has 0 heterocycles. The first-order valence-corrected chi connectivity index (χ1v) is 10.5. The molecule has 4 saturated carbocycles. The monoisotopic (exact) mass is 348 g/mol. The third-order valence-corrected chi connectivity index (χ3v) is 9.52. The molecule has 4 fully saturated rings. The standard InChI is InChI=1S/C22H36O3/c1-15(23)25-14-19(2)8-5-9-20(3)18(19)7-6-16-12-17-13-22(16,20)11-10-21(17,4)24/h16-18,24H,5-14H2,1-4H3. The van der Waals surface area contributed by atoms with Crippen molar-refractivity contribution in [2.75, 3.05) is 6.61 Å². The molecule has 142 valence electrons. The quantitative estimate of drug-likeness (QED) is 0.735. The third-order valence-electron chi connectivity index (χ3n) is 9.52. The Balaban J connectivity index is 1.67. The van der Waals surface area contributed by atoms with Crippen molar-refractivity contribution in [2.45, 2.75) is 91.1 Å². The minimum absolute atomic E-state index is 0.121. The number of ether oxygens (including phenoxy) is 1. The van der Waals surface area contributed by atoms with Gasteiger partial charge in [0.05, 0.1) is 12.2 Å². The molecular formula is C22H36O3. The second kappa shape index (κ2) is 5.47. The molecule has 0 aromatic rings. The summed E-state index contributed by atoms with van der Waals surface area (Å²) in [6, 6.07) is 0. The topological polar surface area (TPSA) is 46.5 Å². The zero-order chi connectivity index (χ0) is 18.1. The molecule has 4 aliphatic carbocycles.